The predicted octanol–water partition coefficient (Wildman–Crippen LogP) is 2.98. The molecular weight excluding hydrogens is 359 g/mol. The van der Waals surface area contributed by atoms with Crippen LogP contribution >= 0.6 is 27.7 Å². The van der Waals surface area contributed by atoms with Crippen molar-refractivity contribution in [2.24, 2.45) is 0 Å². The Labute approximate surface area is 134 Å². The van der Waals surface area contributed by atoms with Crippen LogP contribution in [0, 0.1) is 5.82 Å². The molecule has 1 aromatic carbocycles. The average Bonchev–Trinajstić information content (AvgIpc) is 2.90. The molecule has 2 heterocycles. The van der Waals surface area contributed by atoms with Crippen molar-refractivity contribution in [2.75, 3.05) is 11.1 Å². The van der Waals surface area contributed by atoms with E-state index in [4.69, 9.17) is 0 Å². The van der Waals surface area contributed by atoms with Gasteiger partial charge in [0.15, 0.2) is 0 Å². The molecule has 0 bridgehead atoms. The molecule has 2 atom stereocenters. The molecule has 0 unspecified atom stereocenters. The maximum Gasteiger partial charge on any atom is 0.248 e. The third-order valence-electron chi connectivity index (χ3n) is 3.94. The minimum absolute atomic E-state index is 0.000993. The summed E-state index contributed by atoms with van der Waals surface area (Å²) >= 11 is 4.79. The van der Waals surface area contributed by atoms with Crippen LogP contribution in [0.25, 0.3) is 0 Å². The van der Waals surface area contributed by atoms with Gasteiger partial charge in [0.1, 0.15) is 11.9 Å². The summed E-state index contributed by atoms with van der Waals surface area (Å²) in [7, 11) is 0. The molecule has 4 nitrogen and oxygen atoms in total. The van der Waals surface area contributed by atoms with E-state index in [1.54, 1.807) is 22.7 Å². The van der Waals surface area contributed by atoms with Gasteiger partial charge in [0.2, 0.25) is 11.8 Å². The minimum Gasteiger partial charge on any atom is -0.322 e. The van der Waals surface area contributed by atoms with Crippen molar-refractivity contribution in [3.8, 4) is 0 Å². The molecule has 7 heteroatoms. The fraction of sp³-hybridized carbons (Fsp3) is 0.429. The van der Waals surface area contributed by atoms with Crippen molar-refractivity contribution in [3.05, 3.63) is 28.5 Å². The van der Waals surface area contributed by atoms with Crippen LogP contribution in [0.2, 0.25) is 0 Å². The Hall–Kier alpha value is -1.08. The van der Waals surface area contributed by atoms with Crippen LogP contribution in [0.4, 0.5) is 10.1 Å². The molecule has 1 N–H and O–H groups in total. The summed E-state index contributed by atoms with van der Waals surface area (Å²) in [5.74, 6) is -0.285. The van der Waals surface area contributed by atoms with Crippen LogP contribution in [-0.4, -0.2) is 33.4 Å². The van der Waals surface area contributed by atoms with Gasteiger partial charge >= 0.3 is 0 Å². The highest BCUT2D eigenvalue weighted by Gasteiger charge is 2.52. The molecule has 2 amide bonds. The molecule has 2 aliphatic heterocycles. The number of fused-ring (bicyclic) bond motifs is 1. The third-order valence-corrected chi connectivity index (χ3v) is 5.93. The maximum absolute atomic E-state index is 13.8. The molecule has 0 saturated carbocycles. The number of amides is 2. The summed E-state index contributed by atoms with van der Waals surface area (Å²) < 4.78 is 14.4. The second-order valence-corrected chi connectivity index (χ2v) is 7.80. The van der Waals surface area contributed by atoms with Gasteiger partial charge < -0.3 is 10.2 Å². The van der Waals surface area contributed by atoms with Crippen LogP contribution in [-0.2, 0) is 9.59 Å². The van der Waals surface area contributed by atoms with Gasteiger partial charge in [-0.05, 0) is 31.5 Å². The number of hydrogen-bond donors (Lipinski definition) is 1. The number of anilines is 1. The molecule has 112 valence electrons. The zero-order valence-corrected chi connectivity index (χ0v) is 13.8. The fourth-order valence-corrected chi connectivity index (χ4v) is 4.59. The summed E-state index contributed by atoms with van der Waals surface area (Å²) in [5, 5.41) is 2.59. The number of halogens is 2. The lowest BCUT2D eigenvalue weighted by atomic mass is 10.2. The predicted molar refractivity (Wildman–Crippen MR) is 83.5 cm³/mol. The smallest absolute Gasteiger partial charge is 0.248 e. The first-order valence-electron chi connectivity index (χ1n) is 6.63. The summed E-state index contributed by atoms with van der Waals surface area (Å²) in [4.78, 5) is 25.7. The highest BCUT2D eigenvalue weighted by Crippen LogP contribution is 2.47. The first-order chi connectivity index (χ1) is 9.90. The van der Waals surface area contributed by atoms with Crippen LogP contribution in [0.1, 0.15) is 19.8 Å². The van der Waals surface area contributed by atoms with Crippen molar-refractivity contribution in [2.45, 2.75) is 30.7 Å². The van der Waals surface area contributed by atoms with Crippen molar-refractivity contribution in [1.82, 2.24) is 4.90 Å². The number of nitrogens with zero attached hydrogens (tertiary/aromatic N) is 1. The Morgan fingerprint density at radius 1 is 1.57 bits per heavy atom. The van der Waals surface area contributed by atoms with Crippen molar-refractivity contribution in [3.63, 3.8) is 0 Å². The van der Waals surface area contributed by atoms with Gasteiger partial charge in [-0.2, -0.15) is 0 Å². The monoisotopic (exact) mass is 372 g/mol. The number of carbonyl (C=O) groups excluding carboxylic acids is 2. The van der Waals surface area contributed by atoms with E-state index in [9.17, 15) is 14.0 Å². The van der Waals surface area contributed by atoms with Crippen LogP contribution in [0.3, 0.4) is 0 Å². The highest BCUT2D eigenvalue weighted by atomic mass is 79.9. The molecule has 0 radical (unpaired) electrons. The normalized spacial score (nSPS) is 27.9. The van der Waals surface area contributed by atoms with E-state index in [1.165, 1.54) is 12.1 Å². The van der Waals surface area contributed by atoms with Crippen molar-refractivity contribution < 1.29 is 14.0 Å². The lowest BCUT2D eigenvalue weighted by Gasteiger charge is -2.29. The van der Waals surface area contributed by atoms with Gasteiger partial charge in [0.05, 0.1) is 10.6 Å². The zero-order valence-electron chi connectivity index (χ0n) is 11.4. The minimum atomic E-state index is -0.530. The Bertz CT molecular complexity index is 627. The van der Waals surface area contributed by atoms with E-state index >= 15 is 0 Å². The Morgan fingerprint density at radius 2 is 2.33 bits per heavy atom. The SMILES string of the molecule is C[C@]12CCC(=O)N1[C@H](C(=O)Nc1ccc(Br)cc1F)CS2. The van der Waals surface area contributed by atoms with Gasteiger partial charge in [-0.3, -0.25) is 9.59 Å². The van der Waals surface area contributed by atoms with E-state index < -0.39 is 11.9 Å². The molecule has 2 aliphatic rings. The van der Waals surface area contributed by atoms with E-state index in [0.717, 1.165) is 6.42 Å². The quantitative estimate of drug-likeness (QED) is 0.867. The standard InChI is InChI=1S/C14H14BrFN2O2S/c1-14-5-4-12(19)18(14)11(7-21-14)13(20)17-10-3-2-8(15)6-9(10)16/h2-3,6,11H,4-5,7H2,1H3,(H,17,20)/t11-,14-/m0/s1. The first kappa shape index (κ1) is 14.8. The van der Waals surface area contributed by atoms with Crippen molar-refractivity contribution in [1.29, 1.82) is 0 Å². The number of nitrogens with one attached hydrogen (secondary N) is 1. The number of benzene rings is 1. The van der Waals surface area contributed by atoms with E-state index in [-0.39, 0.29) is 22.4 Å². The second-order valence-electron chi connectivity index (χ2n) is 5.38. The molecule has 0 aliphatic carbocycles. The molecule has 21 heavy (non-hydrogen) atoms. The highest BCUT2D eigenvalue weighted by molar-refractivity contribution is 9.10. The maximum atomic E-state index is 13.8. The molecular formula is C14H14BrFN2O2S. The topological polar surface area (TPSA) is 49.4 Å². The van der Waals surface area contributed by atoms with Gasteiger partial charge in [0.25, 0.3) is 0 Å². The summed E-state index contributed by atoms with van der Waals surface area (Å²) in [6, 6.07) is 3.93. The number of thioether (sulfide) groups is 1. The number of rotatable bonds is 2. The second kappa shape index (κ2) is 5.28. The first-order valence-corrected chi connectivity index (χ1v) is 8.41. The van der Waals surface area contributed by atoms with Crippen molar-refractivity contribution >= 4 is 45.2 Å². The zero-order chi connectivity index (χ0) is 15.2. The fourth-order valence-electron chi connectivity index (χ4n) is 2.82. The summed E-state index contributed by atoms with van der Waals surface area (Å²) in [6.45, 7) is 1.98. The Balaban J connectivity index is 1.78. The molecule has 1 aromatic rings. The van der Waals surface area contributed by atoms with E-state index in [1.807, 2.05) is 6.92 Å². The van der Waals surface area contributed by atoms with E-state index in [2.05, 4.69) is 21.2 Å². The van der Waals surface area contributed by atoms with Gasteiger partial charge in [-0.25, -0.2) is 4.39 Å². The Morgan fingerprint density at radius 3 is 3.05 bits per heavy atom. The molecule has 2 fully saturated rings. The van der Waals surface area contributed by atoms with E-state index in [0.29, 0.717) is 16.6 Å². The number of hydrogen-bond acceptors (Lipinski definition) is 3. The largest absolute Gasteiger partial charge is 0.322 e. The third kappa shape index (κ3) is 2.57. The lowest BCUT2D eigenvalue weighted by molar-refractivity contribution is -0.135. The molecule has 0 aromatic heterocycles. The lowest BCUT2D eigenvalue weighted by Crippen LogP contribution is -2.48. The molecule has 0 spiro atoms. The molecule has 2 saturated heterocycles. The van der Waals surface area contributed by atoms with Crippen LogP contribution < -0.4 is 5.32 Å². The van der Waals surface area contributed by atoms with Gasteiger partial charge in [-0.15, -0.1) is 11.8 Å². The van der Waals surface area contributed by atoms with Crippen LogP contribution in [0.15, 0.2) is 22.7 Å². The Kier molecular flexibility index (Phi) is 3.73. The number of carbonyl (C=O) groups is 2. The average molecular weight is 373 g/mol. The van der Waals surface area contributed by atoms with Gasteiger partial charge in [-0.1, -0.05) is 15.9 Å². The summed E-state index contributed by atoms with van der Waals surface area (Å²) in [6.07, 6.45) is 1.23. The summed E-state index contributed by atoms with van der Waals surface area (Å²) in [5.41, 5.74) is 0.133. The van der Waals surface area contributed by atoms with Gasteiger partial charge in [0, 0.05) is 16.6 Å². The molecule has 3 rings (SSSR count). The van der Waals surface area contributed by atoms with Crippen LogP contribution in [0.5, 0.6) is 0 Å².